The summed E-state index contributed by atoms with van der Waals surface area (Å²) in [5.74, 6) is -0.582. The van der Waals surface area contributed by atoms with Gasteiger partial charge in [0.1, 0.15) is 33.0 Å². The van der Waals surface area contributed by atoms with Gasteiger partial charge in [-0.3, -0.25) is 0 Å². The lowest BCUT2D eigenvalue weighted by molar-refractivity contribution is 0.458. The molecule has 0 aliphatic rings. The third-order valence-corrected chi connectivity index (χ3v) is 4.49. The first kappa shape index (κ1) is 19.3. The largest absolute Gasteiger partial charge is 0.744 e. The molecule has 0 fully saturated rings. The summed E-state index contributed by atoms with van der Waals surface area (Å²) in [6, 6.07) is 11.8. The van der Waals surface area contributed by atoms with E-state index < -0.39 is 20.8 Å². The minimum absolute atomic E-state index is 0. The molecule has 0 radical (unpaired) electrons. The van der Waals surface area contributed by atoms with Crippen LogP contribution in [0.1, 0.15) is 5.56 Å². The highest BCUT2D eigenvalue weighted by atomic mass is 32.2. The van der Waals surface area contributed by atoms with Crippen LogP contribution in [0.25, 0.3) is 10.8 Å². The zero-order chi connectivity index (χ0) is 18.2. The second kappa shape index (κ2) is 7.08. The fourth-order valence-corrected chi connectivity index (χ4v) is 3.15. The number of aryl methyl sites for hydroxylation is 1. The Morgan fingerprint density at radius 1 is 0.923 bits per heavy atom. The highest BCUT2D eigenvalue weighted by Crippen LogP contribution is 2.40. The van der Waals surface area contributed by atoms with E-state index in [2.05, 4.69) is 10.2 Å². The van der Waals surface area contributed by atoms with E-state index in [1.54, 1.807) is 24.3 Å². The topological polar surface area (TPSA) is 159 Å². The molecule has 0 aromatic heterocycles. The Morgan fingerprint density at radius 3 is 2.23 bits per heavy atom. The lowest BCUT2D eigenvalue weighted by Gasteiger charge is -2.13. The average Bonchev–Trinajstić information content (AvgIpc) is 2.55. The van der Waals surface area contributed by atoms with Crippen LogP contribution in [-0.2, 0) is 10.1 Å². The first-order chi connectivity index (χ1) is 11.8. The number of nitrogens with zero attached hydrogens (tertiary/aromatic N) is 2. The van der Waals surface area contributed by atoms with E-state index in [0.717, 1.165) is 11.6 Å². The van der Waals surface area contributed by atoms with Crippen molar-refractivity contribution in [1.82, 2.24) is 6.15 Å². The molecule has 6 N–H and O–H groups in total. The van der Waals surface area contributed by atoms with Crippen LogP contribution < -0.4 is 6.15 Å². The zero-order valence-electron chi connectivity index (χ0n) is 14.0. The van der Waals surface area contributed by atoms with Gasteiger partial charge in [-0.15, -0.1) is 10.2 Å². The summed E-state index contributed by atoms with van der Waals surface area (Å²) >= 11 is 0. The molecule has 136 valence electrons. The predicted molar refractivity (Wildman–Crippen MR) is 96.6 cm³/mol. The first-order valence-corrected chi connectivity index (χ1v) is 8.60. The van der Waals surface area contributed by atoms with Gasteiger partial charge >= 0.3 is 0 Å². The Morgan fingerprint density at radius 2 is 1.58 bits per heavy atom. The Balaban J connectivity index is 0.00000243. The van der Waals surface area contributed by atoms with Gasteiger partial charge < -0.3 is 20.9 Å². The molecule has 0 atom stereocenters. The van der Waals surface area contributed by atoms with E-state index in [-0.39, 0.29) is 34.0 Å². The highest BCUT2D eigenvalue weighted by molar-refractivity contribution is 7.86. The normalized spacial score (nSPS) is 11.6. The van der Waals surface area contributed by atoms with Crippen LogP contribution in [0.3, 0.4) is 0 Å². The van der Waals surface area contributed by atoms with Crippen molar-refractivity contribution >= 4 is 32.3 Å². The molecule has 26 heavy (non-hydrogen) atoms. The maximum Gasteiger partial charge on any atom is 0.145 e. The Bertz CT molecular complexity index is 1110. The van der Waals surface area contributed by atoms with Crippen LogP contribution >= 0.6 is 0 Å². The number of phenols is 2. The first-order valence-electron chi connectivity index (χ1n) is 7.19. The summed E-state index contributed by atoms with van der Waals surface area (Å²) in [6.07, 6.45) is 0. The van der Waals surface area contributed by atoms with E-state index in [9.17, 15) is 23.2 Å². The summed E-state index contributed by atoms with van der Waals surface area (Å²) in [7, 11) is -4.77. The van der Waals surface area contributed by atoms with Gasteiger partial charge in [0.2, 0.25) is 0 Å². The molecule has 3 aromatic rings. The molecule has 3 aromatic carbocycles. The Hall–Kier alpha value is -3.01. The van der Waals surface area contributed by atoms with E-state index in [1.165, 1.54) is 18.2 Å². The van der Waals surface area contributed by atoms with Gasteiger partial charge in [-0.2, -0.15) is 0 Å². The van der Waals surface area contributed by atoms with E-state index in [0.29, 0.717) is 0 Å². The predicted octanol–water partition coefficient (Wildman–Crippen LogP) is 4.26. The molecule has 0 saturated heterocycles. The number of azo groups is 1. The maximum atomic E-state index is 11.4. The van der Waals surface area contributed by atoms with Gasteiger partial charge in [-0.1, -0.05) is 30.3 Å². The molecule has 0 heterocycles. The minimum Gasteiger partial charge on any atom is -0.744 e. The number of phenolic OH excluding ortho intramolecular Hbond substituents is 2. The van der Waals surface area contributed by atoms with Gasteiger partial charge in [-0.05, 0) is 24.6 Å². The van der Waals surface area contributed by atoms with E-state index in [4.69, 9.17) is 0 Å². The second-order valence-corrected chi connectivity index (χ2v) is 6.78. The Labute approximate surface area is 149 Å². The average molecular weight is 375 g/mol. The van der Waals surface area contributed by atoms with Crippen molar-refractivity contribution in [3.05, 3.63) is 54.1 Å². The van der Waals surface area contributed by atoms with Gasteiger partial charge in [0.05, 0.1) is 4.90 Å². The molecule has 3 rings (SSSR count). The highest BCUT2D eigenvalue weighted by Gasteiger charge is 2.15. The number of aromatic hydroxyl groups is 2. The maximum absolute atomic E-state index is 11.4. The van der Waals surface area contributed by atoms with Gasteiger partial charge in [0, 0.05) is 16.8 Å². The number of fused-ring (bicyclic) bond motifs is 1. The van der Waals surface area contributed by atoms with Crippen LogP contribution in [0.15, 0.2) is 63.7 Å². The molecule has 8 nitrogen and oxygen atoms in total. The van der Waals surface area contributed by atoms with Crippen LogP contribution in [-0.4, -0.2) is 23.2 Å². The van der Waals surface area contributed by atoms with Crippen molar-refractivity contribution in [2.45, 2.75) is 11.8 Å². The second-order valence-electron chi connectivity index (χ2n) is 5.43. The van der Waals surface area contributed by atoms with Gasteiger partial charge in [-0.25, -0.2) is 8.42 Å². The minimum atomic E-state index is -4.77. The molecular weight excluding hydrogens is 358 g/mol. The van der Waals surface area contributed by atoms with Gasteiger partial charge in [0.15, 0.2) is 0 Å². The fraction of sp³-hybridized carbons (Fsp3) is 0.0588. The summed E-state index contributed by atoms with van der Waals surface area (Å²) in [5.41, 5.74) is 1.06. The summed E-state index contributed by atoms with van der Waals surface area (Å²) in [4.78, 5) is -0.530. The summed E-state index contributed by atoms with van der Waals surface area (Å²) in [6.45, 7) is 1.82. The third kappa shape index (κ3) is 3.64. The van der Waals surface area contributed by atoms with Crippen LogP contribution in [0.5, 0.6) is 11.5 Å². The van der Waals surface area contributed by atoms with Crippen molar-refractivity contribution in [2.24, 2.45) is 10.2 Å². The molecule has 0 saturated carbocycles. The number of rotatable bonds is 3. The lowest BCUT2D eigenvalue weighted by atomic mass is 10.1. The molecular formula is C17H17N3O5S. The number of benzene rings is 3. The van der Waals surface area contributed by atoms with Crippen LogP contribution in [0.4, 0.5) is 11.4 Å². The molecule has 0 spiro atoms. The number of hydrogen-bond donors (Lipinski definition) is 3. The van der Waals surface area contributed by atoms with Gasteiger partial charge in [0.25, 0.3) is 0 Å². The fourth-order valence-electron chi connectivity index (χ4n) is 2.44. The summed E-state index contributed by atoms with van der Waals surface area (Å²) in [5, 5.41) is 28.2. The molecule has 0 aliphatic carbocycles. The zero-order valence-corrected chi connectivity index (χ0v) is 14.9. The van der Waals surface area contributed by atoms with Crippen molar-refractivity contribution in [3.63, 3.8) is 0 Å². The quantitative estimate of drug-likeness (QED) is 0.460. The smallest absolute Gasteiger partial charge is 0.145 e. The molecule has 9 heteroatoms. The summed E-state index contributed by atoms with van der Waals surface area (Å²) < 4.78 is 34.3. The number of quaternary nitrogens is 1. The van der Waals surface area contributed by atoms with Crippen molar-refractivity contribution < 1.29 is 23.2 Å². The van der Waals surface area contributed by atoms with Crippen LogP contribution in [0, 0.1) is 6.92 Å². The standard InChI is InChI=1S/C17H14N2O5S.H3N/c1-10-6-7-14(20)13(8-10)18-19-17-12-5-3-2-4-11(12)16(9-15(17)21)25(22,23)24;/h2-9,20-21H,1H3,(H,22,23,24);1H3. The van der Waals surface area contributed by atoms with Crippen molar-refractivity contribution in [2.75, 3.05) is 0 Å². The molecule has 0 aliphatic heterocycles. The lowest BCUT2D eigenvalue weighted by Crippen LogP contribution is -1.99. The van der Waals surface area contributed by atoms with Crippen molar-refractivity contribution in [1.29, 1.82) is 0 Å². The molecule has 0 amide bonds. The Kier molecular flexibility index (Phi) is 5.26. The van der Waals surface area contributed by atoms with E-state index in [1.807, 2.05) is 6.92 Å². The molecule has 0 bridgehead atoms. The number of hydrogen-bond acceptors (Lipinski definition) is 7. The van der Waals surface area contributed by atoms with E-state index >= 15 is 0 Å². The molecule has 0 unspecified atom stereocenters. The third-order valence-electron chi connectivity index (χ3n) is 3.62. The SMILES string of the molecule is Cc1ccc(O)c(N=Nc2c(O)cc(S(=O)(=O)[O-])c3ccccc23)c1.[NH4+]. The monoisotopic (exact) mass is 375 g/mol. The van der Waals surface area contributed by atoms with Crippen LogP contribution in [0.2, 0.25) is 0 Å². The van der Waals surface area contributed by atoms with Crippen molar-refractivity contribution in [3.8, 4) is 11.5 Å².